The zero-order valence-corrected chi connectivity index (χ0v) is 13.7. The average molecular weight is 359 g/mol. The third-order valence-electron chi connectivity index (χ3n) is 3.48. The van der Waals surface area contributed by atoms with Crippen molar-refractivity contribution in [3.05, 3.63) is 77.5 Å². The van der Waals surface area contributed by atoms with Crippen molar-refractivity contribution in [1.82, 2.24) is 5.32 Å². The Labute approximate surface area is 149 Å². The van der Waals surface area contributed by atoms with Gasteiger partial charge in [0.1, 0.15) is 11.6 Å². The lowest BCUT2D eigenvalue weighted by Gasteiger charge is -2.09. The number of nitrogens with zero attached hydrogens (tertiary/aromatic N) is 1. The van der Waals surface area contributed by atoms with E-state index in [0.717, 1.165) is 23.9 Å². The molecule has 0 radical (unpaired) electrons. The summed E-state index contributed by atoms with van der Waals surface area (Å²) in [5.74, 6) is -0.595. The predicted octanol–water partition coefficient (Wildman–Crippen LogP) is 3.88. The molecule has 0 saturated carbocycles. The standard InChI is InChI=1S/C19H16F3N3O/c20-19(21,22)16-7-4-8-17(11-16)25-13-15(12-23)18(26)24-10-9-14-5-2-1-3-6-14/h1-8,11,13,25H,9-10H2,(H,24,26)/b15-13-. The highest BCUT2D eigenvalue weighted by molar-refractivity contribution is 5.97. The number of benzene rings is 2. The normalized spacial score (nSPS) is 11.5. The molecule has 2 aromatic rings. The Bertz CT molecular complexity index is 824. The van der Waals surface area contributed by atoms with Crippen molar-refractivity contribution in [2.75, 3.05) is 11.9 Å². The number of amides is 1. The number of nitriles is 1. The van der Waals surface area contributed by atoms with Gasteiger partial charge >= 0.3 is 6.18 Å². The highest BCUT2D eigenvalue weighted by atomic mass is 19.4. The molecule has 0 aromatic heterocycles. The number of anilines is 1. The van der Waals surface area contributed by atoms with Gasteiger partial charge in [-0.2, -0.15) is 18.4 Å². The molecule has 0 unspecified atom stereocenters. The summed E-state index contributed by atoms with van der Waals surface area (Å²) < 4.78 is 38.0. The number of carbonyl (C=O) groups excluding carboxylic acids is 1. The summed E-state index contributed by atoms with van der Waals surface area (Å²) in [7, 11) is 0. The van der Waals surface area contributed by atoms with Crippen LogP contribution in [-0.4, -0.2) is 12.5 Å². The largest absolute Gasteiger partial charge is 0.416 e. The third kappa shape index (κ3) is 5.67. The smallest absolute Gasteiger partial charge is 0.360 e. The van der Waals surface area contributed by atoms with Crippen LogP contribution in [0.15, 0.2) is 66.4 Å². The van der Waals surface area contributed by atoms with Gasteiger partial charge in [0.25, 0.3) is 5.91 Å². The fraction of sp³-hybridized carbons (Fsp3) is 0.158. The van der Waals surface area contributed by atoms with Crippen molar-refractivity contribution in [2.24, 2.45) is 0 Å². The highest BCUT2D eigenvalue weighted by Crippen LogP contribution is 2.30. The van der Waals surface area contributed by atoms with Gasteiger partial charge in [-0.05, 0) is 30.2 Å². The van der Waals surface area contributed by atoms with Crippen LogP contribution < -0.4 is 10.6 Å². The van der Waals surface area contributed by atoms with E-state index < -0.39 is 17.6 Å². The minimum atomic E-state index is -4.46. The molecule has 2 aromatic carbocycles. The van der Waals surface area contributed by atoms with Crippen molar-refractivity contribution in [1.29, 1.82) is 5.26 Å². The van der Waals surface area contributed by atoms with Crippen LogP contribution in [0.5, 0.6) is 0 Å². The molecule has 0 saturated heterocycles. The van der Waals surface area contributed by atoms with Gasteiger partial charge in [0.05, 0.1) is 5.56 Å². The second-order valence-corrected chi connectivity index (χ2v) is 5.38. The highest BCUT2D eigenvalue weighted by Gasteiger charge is 2.30. The summed E-state index contributed by atoms with van der Waals surface area (Å²) in [5, 5.41) is 14.2. The molecular weight excluding hydrogens is 343 g/mol. The molecule has 2 rings (SSSR count). The Kier molecular flexibility index (Phi) is 6.39. The van der Waals surface area contributed by atoms with Crippen LogP contribution >= 0.6 is 0 Å². The lowest BCUT2D eigenvalue weighted by Crippen LogP contribution is -2.27. The first-order chi connectivity index (χ1) is 12.4. The van der Waals surface area contributed by atoms with Crippen molar-refractivity contribution in [3.8, 4) is 6.07 Å². The van der Waals surface area contributed by atoms with E-state index in [1.54, 1.807) is 6.07 Å². The molecule has 0 aliphatic rings. The molecule has 0 atom stereocenters. The third-order valence-corrected chi connectivity index (χ3v) is 3.48. The summed E-state index contributed by atoms with van der Waals surface area (Å²) in [5.41, 5.74) is 0.124. The van der Waals surface area contributed by atoms with Crippen molar-refractivity contribution >= 4 is 11.6 Å². The number of alkyl halides is 3. The van der Waals surface area contributed by atoms with E-state index >= 15 is 0 Å². The SMILES string of the molecule is N#C/C(=C/Nc1cccc(C(F)(F)F)c1)C(=O)NCCc1ccccc1. The van der Waals surface area contributed by atoms with Crippen LogP contribution in [0.4, 0.5) is 18.9 Å². The molecule has 7 heteroatoms. The van der Waals surface area contributed by atoms with Crippen LogP contribution in [0.1, 0.15) is 11.1 Å². The predicted molar refractivity (Wildman–Crippen MR) is 91.9 cm³/mol. The first kappa shape index (κ1) is 19.1. The molecule has 2 N–H and O–H groups in total. The van der Waals surface area contributed by atoms with E-state index in [2.05, 4.69) is 10.6 Å². The van der Waals surface area contributed by atoms with E-state index in [4.69, 9.17) is 5.26 Å². The van der Waals surface area contributed by atoms with Crippen LogP contribution in [0.2, 0.25) is 0 Å². The minimum Gasteiger partial charge on any atom is -0.360 e. The van der Waals surface area contributed by atoms with Gasteiger partial charge in [0.15, 0.2) is 0 Å². The molecule has 0 heterocycles. The lowest BCUT2D eigenvalue weighted by molar-refractivity contribution is -0.137. The fourth-order valence-corrected chi connectivity index (χ4v) is 2.15. The first-order valence-electron chi connectivity index (χ1n) is 7.76. The topological polar surface area (TPSA) is 64.9 Å². The minimum absolute atomic E-state index is 0.129. The fourth-order valence-electron chi connectivity index (χ4n) is 2.15. The molecule has 4 nitrogen and oxygen atoms in total. The molecule has 134 valence electrons. The number of nitrogens with one attached hydrogen (secondary N) is 2. The zero-order valence-electron chi connectivity index (χ0n) is 13.7. The number of carbonyl (C=O) groups is 1. The van der Waals surface area contributed by atoms with Gasteiger partial charge in [-0.25, -0.2) is 0 Å². The molecule has 1 amide bonds. The van der Waals surface area contributed by atoms with Crippen molar-refractivity contribution < 1.29 is 18.0 Å². The summed E-state index contributed by atoms with van der Waals surface area (Å²) in [6.07, 6.45) is -2.77. The molecule has 0 aliphatic carbocycles. The van der Waals surface area contributed by atoms with Crippen LogP contribution in [0.25, 0.3) is 0 Å². The molecule has 0 bridgehead atoms. The summed E-state index contributed by atoms with van der Waals surface area (Å²) in [6.45, 7) is 0.339. The average Bonchev–Trinajstić information content (AvgIpc) is 2.63. The number of hydrogen-bond acceptors (Lipinski definition) is 3. The maximum absolute atomic E-state index is 12.7. The van der Waals surface area contributed by atoms with Gasteiger partial charge in [-0.1, -0.05) is 36.4 Å². The Morgan fingerprint density at radius 3 is 2.50 bits per heavy atom. The Morgan fingerprint density at radius 1 is 1.12 bits per heavy atom. The zero-order chi connectivity index (χ0) is 19.0. The Morgan fingerprint density at radius 2 is 1.85 bits per heavy atom. The molecular formula is C19H16F3N3O. The second-order valence-electron chi connectivity index (χ2n) is 5.38. The number of hydrogen-bond donors (Lipinski definition) is 2. The first-order valence-corrected chi connectivity index (χ1v) is 7.76. The van der Waals surface area contributed by atoms with E-state index in [9.17, 15) is 18.0 Å². The van der Waals surface area contributed by atoms with Crippen molar-refractivity contribution in [3.63, 3.8) is 0 Å². The van der Waals surface area contributed by atoms with Gasteiger partial charge in [0, 0.05) is 18.4 Å². The van der Waals surface area contributed by atoms with E-state index in [-0.39, 0.29) is 11.3 Å². The second kappa shape index (κ2) is 8.72. The maximum atomic E-state index is 12.7. The molecule has 0 spiro atoms. The maximum Gasteiger partial charge on any atom is 0.416 e. The van der Waals surface area contributed by atoms with Crippen LogP contribution in [0.3, 0.4) is 0 Å². The van der Waals surface area contributed by atoms with E-state index in [1.165, 1.54) is 12.1 Å². The molecule has 0 aliphatic heterocycles. The van der Waals surface area contributed by atoms with Gasteiger partial charge in [0.2, 0.25) is 0 Å². The van der Waals surface area contributed by atoms with Crippen LogP contribution in [-0.2, 0) is 17.4 Å². The van der Waals surface area contributed by atoms with Gasteiger partial charge in [-0.3, -0.25) is 4.79 Å². The van der Waals surface area contributed by atoms with E-state index in [0.29, 0.717) is 13.0 Å². The van der Waals surface area contributed by atoms with Gasteiger partial charge in [-0.15, -0.1) is 0 Å². The molecule has 0 fully saturated rings. The van der Waals surface area contributed by atoms with E-state index in [1.807, 2.05) is 30.3 Å². The Balaban J connectivity index is 1.95. The summed E-state index contributed by atoms with van der Waals surface area (Å²) in [6, 6.07) is 15.7. The number of rotatable bonds is 6. The van der Waals surface area contributed by atoms with Gasteiger partial charge < -0.3 is 10.6 Å². The Hall–Kier alpha value is -3.27. The summed E-state index contributed by atoms with van der Waals surface area (Å²) in [4.78, 5) is 12.0. The lowest BCUT2D eigenvalue weighted by atomic mass is 10.1. The molecule has 26 heavy (non-hydrogen) atoms. The quantitative estimate of drug-likeness (QED) is 0.608. The van der Waals surface area contributed by atoms with Crippen LogP contribution in [0, 0.1) is 11.3 Å². The number of halogens is 3. The monoisotopic (exact) mass is 359 g/mol. The summed E-state index contributed by atoms with van der Waals surface area (Å²) >= 11 is 0. The van der Waals surface area contributed by atoms with Crippen molar-refractivity contribution in [2.45, 2.75) is 12.6 Å².